The van der Waals surface area contributed by atoms with Crippen LogP contribution in [0.5, 0.6) is 5.75 Å². The van der Waals surface area contributed by atoms with Crippen molar-refractivity contribution in [3.63, 3.8) is 0 Å². The minimum absolute atomic E-state index is 0.0822. The van der Waals surface area contributed by atoms with Crippen molar-refractivity contribution in [3.8, 4) is 5.75 Å². The van der Waals surface area contributed by atoms with E-state index >= 15 is 0 Å². The molecule has 7 nitrogen and oxygen atoms in total. The molecule has 0 radical (unpaired) electrons. The Kier molecular flexibility index (Phi) is 5.35. The molecule has 1 fully saturated rings. The van der Waals surface area contributed by atoms with E-state index in [2.05, 4.69) is 16.2 Å². The van der Waals surface area contributed by atoms with E-state index in [4.69, 9.17) is 4.74 Å². The molecule has 1 aliphatic rings. The Balaban J connectivity index is 1.78. The van der Waals surface area contributed by atoms with Gasteiger partial charge in [0, 0.05) is 6.04 Å². The molecule has 0 saturated heterocycles. The van der Waals surface area contributed by atoms with Crippen LogP contribution < -0.4 is 20.9 Å². The van der Waals surface area contributed by atoms with Gasteiger partial charge in [-0.15, -0.1) is 0 Å². The Morgan fingerprint density at radius 1 is 1.14 bits per heavy atom. The minimum atomic E-state index is -0.894. The highest BCUT2D eigenvalue weighted by Crippen LogP contribution is 2.18. The molecule has 7 heteroatoms. The number of benzene rings is 1. The van der Waals surface area contributed by atoms with Crippen LogP contribution in [0.15, 0.2) is 30.3 Å². The SMILES string of the molecule is CC[C@H](Oc1ccccc1)C(=O)NNC(=O)C(=O)NC1CC1. The average Bonchev–Trinajstić information content (AvgIpc) is 3.34. The second-order valence-corrected chi connectivity index (χ2v) is 5.02. The lowest BCUT2D eigenvalue weighted by atomic mass is 10.2. The molecule has 118 valence electrons. The standard InChI is InChI=1S/C15H19N3O4/c1-2-12(22-11-6-4-3-5-7-11)13(19)17-18-15(21)14(20)16-10-8-9-10/h3-7,10,12H,2,8-9H2,1H3,(H,16,20)(H,17,19)(H,18,21)/t12-/m0/s1. The molecule has 1 aliphatic carbocycles. The van der Waals surface area contributed by atoms with Gasteiger partial charge in [-0.05, 0) is 31.4 Å². The summed E-state index contributed by atoms with van der Waals surface area (Å²) in [5.41, 5.74) is 4.29. The summed E-state index contributed by atoms with van der Waals surface area (Å²) in [6.07, 6.45) is 1.43. The fraction of sp³-hybridized carbons (Fsp3) is 0.400. The lowest BCUT2D eigenvalue weighted by molar-refractivity contribution is -0.141. The normalized spacial score (nSPS) is 14.6. The summed E-state index contributed by atoms with van der Waals surface area (Å²) in [6.45, 7) is 1.79. The fourth-order valence-electron chi connectivity index (χ4n) is 1.72. The van der Waals surface area contributed by atoms with Gasteiger partial charge >= 0.3 is 11.8 Å². The number of para-hydroxylation sites is 1. The summed E-state index contributed by atoms with van der Waals surface area (Å²) in [5, 5.41) is 2.53. The maximum Gasteiger partial charge on any atom is 0.327 e. The maximum absolute atomic E-state index is 12.0. The largest absolute Gasteiger partial charge is 0.481 e. The van der Waals surface area contributed by atoms with Gasteiger partial charge in [0.15, 0.2) is 6.10 Å². The molecule has 0 unspecified atom stereocenters. The zero-order valence-corrected chi connectivity index (χ0v) is 12.3. The van der Waals surface area contributed by atoms with Crippen molar-refractivity contribution in [2.24, 2.45) is 0 Å². The van der Waals surface area contributed by atoms with Gasteiger partial charge in [-0.2, -0.15) is 0 Å². The van der Waals surface area contributed by atoms with Gasteiger partial charge in [-0.3, -0.25) is 25.2 Å². The van der Waals surface area contributed by atoms with E-state index in [0.717, 1.165) is 12.8 Å². The van der Waals surface area contributed by atoms with E-state index in [0.29, 0.717) is 12.2 Å². The van der Waals surface area contributed by atoms with Gasteiger partial charge in [0.2, 0.25) is 0 Å². The number of carbonyl (C=O) groups is 3. The second-order valence-electron chi connectivity index (χ2n) is 5.02. The minimum Gasteiger partial charge on any atom is -0.481 e. The molecule has 0 heterocycles. The van der Waals surface area contributed by atoms with Crippen molar-refractivity contribution in [3.05, 3.63) is 30.3 Å². The van der Waals surface area contributed by atoms with E-state index in [1.54, 1.807) is 31.2 Å². The Bertz CT molecular complexity index is 543. The summed E-state index contributed by atoms with van der Waals surface area (Å²) in [7, 11) is 0. The highest BCUT2D eigenvalue weighted by molar-refractivity contribution is 6.35. The highest BCUT2D eigenvalue weighted by atomic mass is 16.5. The van der Waals surface area contributed by atoms with Crippen LogP contribution in [0.4, 0.5) is 0 Å². The third-order valence-corrected chi connectivity index (χ3v) is 3.10. The number of ether oxygens (including phenoxy) is 1. The van der Waals surface area contributed by atoms with Crippen LogP contribution in [0.2, 0.25) is 0 Å². The molecular formula is C15H19N3O4. The number of rotatable bonds is 5. The smallest absolute Gasteiger partial charge is 0.327 e. The molecule has 1 atom stereocenters. The molecule has 1 aromatic rings. The van der Waals surface area contributed by atoms with Gasteiger partial charge in [-0.1, -0.05) is 25.1 Å². The molecule has 3 N–H and O–H groups in total. The summed E-state index contributed by atoms with van der Waals surface area (Å²) < 4.78 is 5.53. The molecule has 0 aliphatic heterocycles. The lowest BCUT2D eigenvalue weighted by Gasteiger charge is -2.17. The quantitative estimate of drug-likeness (QED) is 0.537. The van der Waals surface area contributed by atoms with Crippen LogP contribution in [0.1, 0.15) is 26.2 Å². The van der Waals surface area contributed by atoms with Crippen molar-refractivity contribution in [1.29, 1.82) is 0 Å². The van der Waals surface area contributed by atoms with Crippen molar-refractivity contribution < 1.29 is 19.1 Å². The molecule has 0 aromatic heterocycles. The summed E-state index contributed by atoms with van der Waals surface area (Å²) >= 11 is 0. The number of carbonyl (C=O) groups excluding carboxylic acids is 3. The maximum atomic E-state index is 12.0. The lowest BCUT2D eigenvalue weighted by Crippen LogP contribution is -2.52. The topological polar surface area (TPSA) is 96.5 Å². The van der Waals surface area contributed by atoms with E-state index in [1.807, 2.05) is 6.07 Å². The molecule has 22 heavy (non-hydrogen) atoms. The third kappa shape index (κ3) is 4.76. The molecular weight excluding hydrogens is 286 g/mol. The third-order valence-electron chi connectivity index (χ3n) is 3.10. The molecule has 1 aromatic carbocycles. The van der Waals surface area contributed by atoms with Gasteiger partial charge in [0.05, 0.1) is 0 Å². The molecule has 2 rings (SSSR count). The van der Waals surface area contributed by atoms with Gasteiger partial charge in [0.1, 0.15) is 5.75 Å². The van der Waals surface area contributed by atoms with E-state index in [9.17, 15) is 14.4 Å². The Hall–Kier alpha value is -2.57. The van der Waals surface area contributed by atoms with E-state index in [-0.39, 0.29) is 6.04 Å². The van der Waals surface area contributed by atoms with Crippen LogP contribution in [0.3, 0.4) is 0 Å². The van der Waals surface area contributed by atoms with Crippen molar-refractivity contribution >= 4 is 17.7 Å². The predicted molar refractivity (Wildman–Crippen MR) is 78.6 cm³/mol. The highest BCUT2D eigenvalue weighted by Gasteiger charge is 2.27. The van der Waals surface area contributed by atoms with Crippen molar-refractivity contribution in [1.82, 2.24) is 16.2 Å². The van der Waals surface area contributed by atoms with Crippen LogP contribution in [0.25, 0.3) is 0 Å². The number of hydrazine groups is 1. The zero-order valence-electron chi connectivity index (χ0n) is 12.3. The molecule has 3 amide bonds. The first kappa shape index (κ1) is 15.8. The van der Waals surface area contributed by atoms with Crippen LogP contribution in [-0.2, 0) is 14.4 Å². The Morgan fingerprint density at radius 3 is 2.41 bits per heavy atom. The van der Waals surface area contributed by atoms with Gasteiger partial charge in [-0.25, -0.2) is 0 Å². The number of hydrogen-bond acceptors (Lipinski definition) is 4. The van der Waals surface area contributed by atoms with Crippen LogP contribution >= 0.6 is 0 Å². The zero-order chi connectivity index (χ0) is 15.9. The second kappa shape index (κ2) is 7.44. The number of nitrogens with one attached hydrogen (secondary N) is 3. The average molecular weight is 305 g/mol. The summed E-state index contributed by atoms with van der Waals surface area (Å²) in [5.74, 6) is -1.60. The molecule has 0 spiro atoms. The van der Waals surface area contributed by atoms with Crippen LogP contribution in [-0.4, -0.2) is 29.9 Å². The first-order chi connectivity index (χ1) is 10.6. The first-order valence-electron chi connectivity index (χ1n) is 7.22. The number of amides is 3. The monoisotopic (exact) mass is 305 g/mol. The van der Waals surface area contributed by atoms with Crippen LogP contribution in [0, 0.1) is 0 Å². The van der Waals surface area contributed by atoms with Crippen molar-refractivity contribution in [2.75, 3.05) is 0 Å². The molecule has 1 saturated carbocycles. The Morgan fingerprint density at radius 2 is 1.82 bits per heavy atom. The number of hydrogen-bond donors (Lipinski definition) is 3. The fourth-order valence-corrected chi connectivity index (χ4v) is 1.72. The first-order valence-corrected chi connectivity index (χ1v) is 7.22. The summed E-state index contributed by atoms with van der Waals surface area (Å²) in [4.78, 5) is 34.9. The van der Waals surface area contributed by atoms with Crippen molar-refractivity contribution in [2.45, 2.75) is 38.3 Å². The van der Waals surface area contributed by atoms with Gasteiger partial charge < -0.3 is 10.1 Å². The Labute approximate surface area is 128 Å². The van der Waals surface area contributed by atoms with E-state index < -0.39 is 23.8 Å². The summed E-state index contributed by atoms with van der Waals surface area (Å²) in [6, 6.07) is 8.98. The van der Waals surface area contributed by atoms with Gasteiger partial charge in [0.25, 0.3) is 5.91 Å². The predicted octanol–water partition coefficient (Wildman–Crippen LogP) is 0.270. The van der Waals surface area contributed by atoms with E-state index in [1.165, 1.54) is 0 Å². The molecule has 0 bridgehead atoms.